The molecular formula is C12H12BrNO3S. The predicted molar refractivity (Wildman–Crippen MR) is 74.6 cm³/mol. The number of halogens is 1. The van der Waals surface area contributed by atoms with Gasteiger partial charge in [0, 0.05) is 33.4 Å². The molecule has 0 bridgehead atoms. The van der Waals surface area contributed by atoms with Crippen LogP contribution in [0.15, 0.2) is 28.9 Å². The zero-order chi connectivity index (χ0) is 13.5. The molecule has 1 heterocycles. The Morgan fingerprint density at radius 1 is 1.39 bits per heavy atom. The Kier molecular flexibility index (Phi) is 3.33. The van der Waals surface area contributed by atoms with E-state index in [1.807, 2.05) is 12.1 Å². The lowest BCUT2D eigenvalue weighted by molar-refractivity contribution is 0.0993. The molecule has 0 aliphatic heterocycles. The Bertz CT molecular complexity index is 718. The number of hydrogen-bond donors (Lipinski definition) is 1. The van der Waals surface area contributed by atoms with E-state index in [0.29, 0.717) is 5.56 Å². The summed E-state index contributed by atoms with van der Waals surface area (Å²) in [7, 11) is -3.38. The molecule has 2 aromatic rings. The van der Waals surface area contributed by atoms with Crippen molar-refractivity contribution in [3.05, 3.63) is 34.4 Å². The van der Waals surface area contributed by atoms with Crippen LogP contribution < -0.4 is 0 Å². The molecule has 0 amide bonds. The number of benzene rings is 1. The first kappa shape index (κ1) is 13.3. The number of carbonyl (C=O) groups excluding carboxylic acids is 1. The van der Waals surface area contributed by atoms with Crippen LogP contribution in [-0.2, 0) is 9.84 Å². The molecule has 1 aromatic heterocycles. The fraction of sp³-hybridized carbons (Fsp3) is 0.250. The summed E-state index contributed by atoms with van der Waals surface area (Å²) in [5.41, 5.74) is 1.21. The molecule has 1 atom stereocenters. The van der Waals surface area contributed by atoms with Gasteiger partial charge in [0.05, 0.1) is 0 Å². The largest absolute Gasteiger partial charge is 0.360 e. The van der Waals surface area contributed by atoms with E-state index in [9.17, 15) is 13.2 Å². The molecule has 1 N–H and O–H groups in total. The van der Waals surface area contributed by atoms with Crippen molar-refractivity contribution in [2.24, 2.45) is 0 Å². The Hall–Kier alpha value is -1.14. The first-order valence-electron chi connectivity index (χ1n) is 5.30. The molecule has 4 nitrogen and oxygen atoms in total. The zero-order valence-corrected chi connectivity index (χ0v) is 12.3. The number of ketones is 1. The van der Waals surface area contributed by atoms with Gasteiger partial charge in [0.2, 0.25) is 0 Å². The van der Waals surface area contributed by atoms with Gasteiger partial charge in [-0.1, -0.05) is 15.9 Å². The van der Waals surface area contributed by atoms with Crippen LogP contribution in [0.5, 0.6) is 0 Å². The molecule has 2 rings (SSSR count). The summed E-state index contributed by atoms with van der Waals surface area (Å²) < 4.78 is 23.7. The Morgan fingerprint density at radius 2 is 2.06 bits per heavy atom. The topological polar surface area (TPSA) is 67.0 Å². The molecule has 1 unspecified atom stereocenters. The van der Waals surface area contributed by atoms with Gasteiger partial charge in [-0.2, -0.15) is 0 Å². The maximum absolute atomic E-state index is 12.2. The first-order valence-corrected chi connectivity index (χ1v) is 8.05. The van der Waals surface area contributed by atoms with E-state index < -0.39 is 15.1 Å². The molecule has 0 aliphatic rings. The minimum atomic E-state index is -3.38. The number of sulfone groups is 1. The van der Waals surface area contributed by atoms with Gasteiger partial charge in [0.25, 0.3) is 0 Å². The minimum Gasteiger partial charge on any atom is -0.360 e. The van der Waals surface area contributed by atoms with Crippen LogP contribution in [0.3, 0.4) is 0 Å². The number of Topliss-reactive ketones (excluding diaryl/α,β-unsaturated/α-hetero) is 1. The summed E-state index contributed by atoms with van der Waals surface area (Å²) in [5, 5.41) is -0.305. The SMILES string of the molecule is CC(C(=O)c1c[nH]c2ccc(Br)cc12)S(C)(=O)=O. The van der Waals surface area contributed by atoms with Gasteiger partial charge >= 0.3 is 0 Å². The highest BCUT2D eigenvalue weighted by Crippen LogP contribution is 2.24. The highest BCUT2D eigenvalue weighted by molar-refractivity contribution is 9.10. The number of fused-ring (bicyclic) bond motifs is 1. The van der Waals surface area contributed by atoms with E-state index in [2.05, 4.69) is 20.9 Å². The van der Waals surface area contributed by atoms with Gasteiger partial charge in [-0.05, 0) is 25.1 Å². The summed E-state index contributed by atoms with van der Waals surface area (Å²) in [6.07, 6.45) is 2.63. The quantitative estimate of drug-likeness (QED) is 0.880. The van der Waals surface area contributed by atoms with E-state index in [-0.39, 0.29) is 5.78 Å². The van der Waals surface area contributed by atoms with Crippen LogP contribution in [-0.4, -0.2) is 30.7 Å². The van der Waals surface area contributed by atoms with Crippen LogP contribution in [0, 0.1) is 0 Å². The Labute approximate surface area is 113 Å². The third kappa shape index (κ3) is 2.35. The van der Waals surface area contributed by atoms with Crippen molar-refractivity contribution in [1.82, 2.24) is 4.98 Å². The van der Waals surface area contributed by atoms with Gasteiger partial charge in [0.15, 0.2) is 15.6 Å². The molecule has 0 radical (unpaired) electrons. The van der Waals surface area contributed by atoms with Crippen molar-refractivity contribution in [3.8, 4) is 0 Å². The van der Waals surface area contributed by atoms with Gasteiger partial charge in [0.1, 0.15) is 5.25 Å². The fourth-order valence-electron chi connectivity index (χ4n) is 1.71. The number of aromatic amines is 1. The second-order valence-electron chi connectivity index (χ2n) is 4.23. The maximum Gasteiger partial charge on any atom is 0.182 e. The van der Waals surface area contributed by atoms with E-state index in [4.69, 9.17) is 0 Å². The number of H-pyrrole nitrogens is 1. The van der Waals surface area contributed by atoms with Crippen LogP contribution in [0.4, 0.5) is 0 Å². The third-order valence-corrected chi connectivity index (χ3v) is 4.91. The molecule has 0 saturated heterocycles. The molecule has 0 spiro atoms. The van der Waals surface area contributed by atoms with Gasteiger partial charge in [-0.3, -0.25) is 4.79 Å². The molecule has 18 heavy (non-hydrogen) atoms. The summed E-state index contributed by atoms with van der Waals surface area (Å²) in [6.45, 7) is 1.41. The van der Waals surface area contributed by atoms with Gasteiger partial charge in [-0.25, -0.2) is 8.42 Å². The van der Waals surface area contributed by atoms with Crippen molar-refractivity contribution in [2.75, 3.05) is 6.26 Å². The summed E-state index contributed by atoms with van der Waals surface area (Å²) >= 11 is 3.33. The zero-order valence-electron chi connectivity index (χ0n) is 9.90. The summed E-state index contributed by atoms with van der Waals surface area (Å²) in [6, 6.07) is 5.49. The standard InChI is InChI=1S/C12H12BrNO3S/c1-7(18(2,16)17)12(15)10-6-14-11-4-3-8(13)5-9(10)11/h3-7,14H,1-2H3. The van der Waals surface area contributed by atoms with Crippen LogP contribution in [0.1, 0.15) is 17.3 Å². The molecule has 0 saturated carbocycles. The van der Waals surface area contributed by atoms with Crippen molar-refractivity contribution in [1.29, 1.82) is 0 Å². The predicted octanol–water partition coefficient (Wildman–Crippen LogP) is 2.55. The number of aromatic nitrogens is 1. The average molecular weight is 330 g/mol. The Balaban J connectivity index is 2.55. The lowest BCUT2D eigenvalue weighted by Gasteiger charge is -2.07. The molecule has 0 fully saturated rings. The van der Waals surface area contributed by atoms with Crippen molar-refractivity contribution < 1.29 is 13.2 Å². The normalized spacial score (nSPS) is 13.7. The molecule has 0 aliphatic carbocycles. The monoisotopic (exact) mass is 329 g/mol. The summed E-state index contributed by atoms with van der Waals surface area (Å²) in [5.74, 6) is -0.387. The van der Waals surface area contributed by atoms with E-state index in [1.54, 1.807) is 12.3 Å². The van der Waals surface area contributed by atoms with E-state index in [1.165, 1.54) is 6.92 Å². The lowest BCUT2D eigenvalue weighted by atomic mass is 10.1. The fourth-order valence-corrected chi connectivity index (χ4v) is 2.59. The number of rotatable bonds is 3. The molecule has 96 valence electrons. The average Bonchev–Trinajstić information content (AvgIpc) is 2.68. The highest BCUT2D eigenvalue weighted by atomic mass is 79.9. The van der Waals surface area contributed by atoms with Crippen molar-refractivity contribution >= 4 is 42.5 Å². The lowest BCUT2D eigenvalue weighted by Crippen LogP contribution is -2.26. The molecular weight excluding hydrogens is 318 g/mol. The van der Waals surface area contributed by atoms with Crippen molar-refractivity contribution in [3.63, 3.8) is 0 Å². The highest BCUT2D eigenvalue weighted by Gasteiger charge is 2.26. The third-order valence-electron chi connectivity index (χ3n) is 2.92. The van der Waals surface area contributed by atoms with Crippen LogP contribution in [0.25, 0.3) is 10.9 Å². The van der Waals surface area contributed by atoms with Gasteiger partial charge in [-0.15, -0.1) is 0 Å². The summed E-state index contributed by atoms with van der Waals surface area (Å²) in [4.78, 5) is 15.1. The van der Waals surface area contributed by atoms with E-state index in [0.717, 1.165) is 21.6 Å². The van der Waals surface area contributed by atoms with Crippen molar-refractivity contribution in [2.45, 2.75) is 12.2 Å². The minimum absolute atomic E-state index is 0.387. The number of hydrogen-bond acceptors (Lipinski definition) is 3. The second-order valence-corrected chi connectivity index (χ2v) is 7.51. The first-order chi connectivity index (χ1) is 8.30. The van der Waals surface area contributed by atoms with Crippen LogP contribution in [0.2, 0.25) is 0 Å². The Morgan fingerprint density at radius 3 is 2.67 bits per heavy atom. The maximum atomic E-state index is 12.2. The van der Waals surface area contributed by atoms with E-state index >= 15 is 0 Å². The second kappa shape index (κ2) is 4.51. The molecule has 1 aromatic carbocycles. The number of carbonyl (C=O) groups is 1. The molecule has 6 heteroatoms. The number of nitrogens with one attached hydrogen (secondary N) is 1. The van der Waals surface area contributed by atoms with Gasteiger partial charge < -0.3 is 4.98 Å². The smallest absolute Gasteiger partial charge is 0.182 e. The van der Waals surface area contributed by atoms with Crippen LogP contribution >= 0.6 is 15.9 Å².